The lowest BCUT2D eigenvalue weighted by atomic mass is 10.2. The number of nitrogens with zero attached hydrogens (tertiary/aromatic N) is 4. The Hall–Kier alpha value is -1.65. The molecule has 0 radical (unpaired) electrons. The van der Waals surface area contributed by atoms with Crippen molar-refractivity contribution in [3.05, 3.63) is 12.0 Å². The van der Waals surface area contributed by atoms with Gasteiger partial charge in [-0.15, -0.1) is 0 Å². The monoisotopic (exact) mass is 245 g/mol. The van der Waals surface area contributed by atoms with Crippen LogP contribution in [0.2, 0.25) is 0 Å². The normalized spacial score (nSPS) is 16.6. The highest BCUT2D eigenvalue weighted by Gasteiger charge is 2.21. The average Bonchev–Trinajstić information content (AvgIpc) is 2.96. The molecule has 2 aromatic rings. The molecule has 0 aromatic carbocycles. The van der Waals surface area contributed by atoms with Crippen molar-refractivity contribution in [1.29, 1.82) is 0 Å². The summed E-state index contributed by atoms with van der Waals surface area (Å²) in [4.78, 5) is 9.03. The van der Waals surface area contributed by atoms with Crippen LogP contribution in [0.25, 0.3) is 11.0 Å². The van der Waals surface area contributed by atoms with Gasteiger partial charge in [-0.1, -0.05) is 12.8 Å². The summed E-state index contributed by atoms with van der Waals surface area (Å²) in [5.74, 6) is 1.71. The molecular formula is C13H19N5. The Kier molecular flexibility index (Phi) is 2.89. The smallest absolute Gasteiger partial charge is 0.163 e. The summed E-state index contributed by atoms with van der Waals surface area (Å²) >= 11 is 0. The first-order valence-electron chi connectivity index (χ1n) is 6.75. The van der Waals surface area contributed by atoms with E-state index in [-0.39, 0.29) is 0 Å². The molecule has 1 aliphatic rings. The molecule has 0 unspecified atom stereocenters. The van der Waals surface area contributed by atoms with Gasteiger partial charge >= 0.3 is 0 Å². The number of fused-ring (bicyclic) bond motifs is 1. The van der Waals surface area contributed by atoms with E-state index in [1.807, 2.05) is 13.1 Å². The van der Waals surface area contributed by atoms with Crippen LogP contribution in [-0.2, 0) is 0 Å². The van der Waals surface area contributed by atoms with Gasteiger partial charge in [0.25, 0.3) is 0 Å². The lowest BCUT2D eigenvalue weighted by Gasteiger charge is -2.11. The largest absolute Gasteiger partial charge is 0.370 e. The van der Waals surface area contributed by atoms with Crippen molar-refractivity contribution in [2.24, 2.45) is 0 Å². The third-order valence-electron chi connectivity index (χ3n) is 3.58. The van der Waals surface area contributed by atoms with Gasteiger partial charge in [-0.2, -0.15) is 5.10 Å². The molecule has 0 spiro atoms. The van der Waals surface area contributed by atoms with Gasteiger partial charge in [0, 0.05) is 6.54 Å². The molecule has 0 saturated heterocycles. The molecule has 1 aliphatic carbocycles. The molecule has 3 rings (SSSR count). The van der Waals surface area contributed by atoms with Crippen molar-refractivity contribution < 1.29 is 0 Å². The number of hydrogen-bond donors (Lipinski definition) is 1. The zero-order valence-corrected chi connectivity index (χ0v) is 11.0. The maximum absolute atomic E-state index is 4.57. The van der Waals surface area contributed by atoms with Crippen LogP contribution in [0.4, 0.5) is 5.82 Å². The van der Waals surface area contributed by atoms with Gasteiger partial charge in [-0.05, 0) is 26.7 Å². The number of hydrogen-bond acceptors (Lipinski definition) is 4. The molecule has 0 aliphatic heterocycles. The topological polar surface area (TPSA) is 55.6 Å². The maximum atomic E-state index is 4.57. The second kappa shape index (κ2) is 4.55. The van der Waals surface area contributed by atoms with Gasteiger partial charge in [-0.25, -0.2) is 14.6 Å². The Bertz CT molecular complexity index is 554. The highest BCUT2D eigenvalue weighted by atomic mass is 15.3. The van der Waals surface area contributed by atoms with Crippen molar-refractivity contribution in [2.45, 2.75) is 45.6 Å². The maximum Gasteiger partial charge on any atom is 0.163 e. The van der Waals surface area contributed by atoms with E-state index in [0.717, 1.165) is 29.2 Å². The van der Waals surface area contributed by atoms with Gasteiger partial charge in [-0.3, -0.25) is 0 Å². The van der Waals surface area contributed by atoms with Gasteiger partial charge in [0.05, 0.1) is 17.6 Å². The summed E-state index contributed by atoms with van der Waals surface area (Å²) in [5.41, 5.74) is 0.977. The van der Waals surface area contributed by atoms with Crippen molar-refractivity contribution in [1.82, 2.24) is 19.7 Å². The van der Waals surface area contributed by atoms with Crippen LogP contribution in [-0.4, -0.2) is 26.3 Å². The fraction of sp³-hybridized carbons (Fsp3) is 0.615. The van der Waals surface area contributed by atoms with Crippen LogP contribution >= 0.6 is 0 Å². The summed E-state index contributed by atoms with van der Waals surface area (Å²) in [6.45, 7) is 4.87. The molecule has 1 N–H and O–H groups in total. The van der Waals surface area contributed by atoms with Crippen LogP contribution in [0.15, 0.2) is 6.20 Å². The zero-order valence-electron chi connectivity index (χ0n) is 11.0. The fourth-order valence-corrected chi connectivity index (χ4v) is 2.75. The first kappa shape index (κ1) is 11.4. The minimum atomic E-state index is 0.520. The van der Waals surface area contributed by atoms with E-state index in [4.69, 9.17) is 0 Å². The van der Waals surface area contributed by atoms with E-state index in [2.05, 4.69) is 32.0 Å². The average molecular weight is 245 g/mol. The summed E-state index contributed by atoms with van der Waals surface area (Å²) < 4.78 is 2.10. The second-order valence-corrected chi connectivity index (χ2v) is 4.91. The lowest BCUT2D eigenvalue weighted by molar-refractivity contribution is 0.478. The van der Waals surface area contributed by atoms with Crippen LogP contribution in [0.3, 0.4) is 0 Å². The number of aryl methyl sites for hydroxylation is 1. The Balaban J connectivity index is 2.11. The van der Waals surface area contributed by atoms with Crippen molar-refractivity contribution in [3.8, 4) is 0 Å². The Morgan fingerprint density at radius 3 is 2.83 bits per heavy atom. The number of rotatable bonds is 3. The first-order chi connectivity index (χ1) is 8.79. The molecule has 1 saturated carbocycles. The molecule has 2 heterocycles. The van der Waals surface area contributed by atoms with Gasteiger partial charge in [0.15, 0.2) is 5.65 Å². The number of anilines is 1. The molecule has 2 aromatic heterocycles. The predicted molar refractivity (Wildman–Crippen MR) is 71.7 cm³/mol. The standard InChI is InChI=1S/C13H19N5/c1-3-14-12-11-8-15-18(10-6-4-5-7-10)13(11)17-9(2)16-12/h8,10H,3-7H2,1-2H3,(H,14,16,17). The molecule has 0 amide bonds. The Morgan fingerprint density at radius 1 is 1.33 bits per heavy atom. The quantitative estimate of drug-likeness (QED) is 0.903. The minimum absolute atomic E-state index is 0.520. The lowest BCUT2D eigenvalue weighted by Crippen LogP contribution is -2.08. The van der Waals surface area contributed by atoms with E-state index in [0.29, 0.717) is 6.04 Å². The summed E-state index contributed by atoms with van der Waals surface area (Å²) in [6, 6.07) is 0.520. The summed E-state index contributed by atoms with van der Waals surface area (Å²) in [6.07, 6.45) is 6.93. The van der Waals surface area contributed by atoms with E-state index < -0.39 is 0 Å². The number of nitrogens with one attached hydrogen (secondary N) is 1. The summed E-state index contributed by atoms with van der Waals surface area (Å²) in [5, 5.41) is 8.86. The molecule has 5 heteroatoms. The molecule has 18 heavy (non-hydrogen) atoms. The van der Waals surface area contributed by atoms with Crippen molar-refractivity contribution >= 4 is 16.9 Å². The molecule has 1 fully saturated rings. The molecule has 0 atom stereocenters. The highest BCUT2D eigenvalue weighted by Crippen LogP contribution is 2.32. The van der Waals surface area contributed by atoms with E-state index in [1.165, 1.54) is 25.7 Å². The second-order valence-electron chi connectivity index (χ2n) is 4.91. The van der Waals surface area contributed by atoms with E-state index >= 15 is 0 Å². The highest BCUT2D eigenvalue weighted by molar-refractivity contribution is 5.86. The number of aromatic nitrogens is 4. The van der Waals surface area contributed by atoms with Gasteiger partial charge < -0.3 is 5.32 Å². The van der Waals surface area contributed by atoms with Gasteiger partial charge in [0.1, 0.15) is 11.6 Å². The molecule has 0 bridgehead atoms. The van der Waals surface area contributed by atoms with Crippen LogP contribution in [0, 0.1) is 6.92 Å². The Labute approximate surface area is 107 Å². The molecule has 96 valence electrons. The third kappa shape index (κ3) is 1.83. The van der Waals surface area contributed by atoms with Gasteiger partial charge in [0.2, 0.25) is 0 Å². The molecular weight excluding hydrogens is 226 g/mol. The van der Waals surface area contributed by atoms with Crippen molar-refractivity contribution in [3.63, 3.8) is 0 Å². The van der Waals surface area contributed by atoms with Crippen LogP contribution in [0.5, 0.6) is 0 Å². The third-order valence-corrected chi connectivity index (χ3v) is 3.58. The fourth-order valence-electron chi connectivity index (χ4n) is 2.75. The van der Waals surface area contributed by atoms with E-state index in [9.17, 15) is 0 Å². The van der Waals surface area contributed by atoms with Crippen LogP contribution < -0.4 is 5.32 Å². The minimum Gasteiger partial charge on any atom is -0.370 e. The van der Waals surface area contributed by atoms with E-state index in [1.54, 1.807) is 0 Å². The zero-order chi connectivity index (χ0) is 12.5. The van der Waals surface area contributed by atoms with Crippen molar-refractivity contribution in [2.75, 3.05) is 11.9 Å². The predicted octanol–water partition coefficient (Wildman–Crippen LogP) is 2.68. The SMILES string of the molecule is CCNc1nc(C)nc2c1cnn2C1CCCC1. The summed E-state index contributed by atoms with van der Waals surface area (Å²) in [7, 11) is 0. The first-order valence-corrected chi connectivity index (χ1v) is 6.75. The van der Waals surface area contributed by atoms with Crippen LogP contribution in [0.1, 0.15) is 44.5 Å². The molecule has 5 nitrogen and oxygen atoms in total. The Morgan fingerprint density at radius 2 is 2.11 bits per heavy atom.